The Bertz CT molecular complexity index is 728. The summed E-state index contributed by atoms with van der Waals surface area (Å²) in [5.74, 6) is 0. The zero-order valence-electron chi connectivity index (χ0n) is 12.8. The number of amides is 2. The molecule has 0 aromatic heterocycles. The van der Waals surface area contributed by atoms with Gasteiger partial charge in [0.25, 0.3) is 0 Å². The number of hydrogen-bond acceptors (Lipinski definition) is 2. The number of nitrogens with one attached hydrogen (secondary N) is 1. The molecule has 2 aromatic rings. The highest BCUT2D eigenvalue weighted by molar-refractivity contribution is 6.35. The van der Waals surface area contributed by atoms with Gasteiger partial charge in [-0.3, -0.25) is 0 Å². The summed E-state index contributed by atoms with van der Waals surface area (Å²) in [6.07, 6.45) is 0. The SMILES string of the molecule is O=C(Nc1cc(Cl)ccc1Cl)N1CCN(c2ccc(Cl)cc2)CC1. The summed E-state index contributed by atoms with van der Waals surface area (Å²) in [5, 5.41) is 4.53. The van der Waals surface area contributed by atoms with Gasteiger partial charge in [0.1, 0.15) is 0 Å². The minimum atomic E-state index is -0.171. The number of urea groups is 1. The number of rotatable bonds is 2. The van der Waals surface area contributed by atoms with Crippen molar-refractivity contribution in [3.05, 3.63) is 57.5 Å². The molecule has 3 rings (SSSR count). The van der Waals surface area contributed by atoms with Crippen LogP contribution in [-0.2, 0) is 0 Å². The monoisotopic (exact) mass is 383 g/mol. The molecule has 1 aliphatic rings. The van der Waals surface area contributed by atoms with Crippen molar-refractivity contribution in [1.82, 2.24) is 4.90 Å². The molecule has 126 valence electrons. The average Bonchev–Trinajstić information content (AvgIpc) is 2.59. The van der Waals surface area contributed by atoms with E-state index in [1.807, 2.05) is 24.3 Å². The summed E-state index contributed by atoms with van der Waals surface area (Å²) in [6, 6.07) is 12.5. The molecule has 0 bridgehead atoms. The van der Waals surface area contributed by atoms with Crippen LogP contribution in [0.2, 0.25) is 15.1 Å². The second-order valence-corrected chi connectivity index (χ2v) is 6.78. The fourth-order valence-corrected chi connectivity index (χ4v) is 3.07. The minimum absolute atomic E-state index is 0.171. The van der Waals surface area contributed by atoms with E-state index in [1.165, 1.54) is 0 Å². The minimum Gasteiger partial charge on any atom is -0.368 e. The van der Waals surface area contributed by atoms with E-state index in [1.54, 1.807) is 23.1 Å². The van der Waals surface area contributed by atoms with Crippen LogP contribution in [0.15, 0.2) is 42.5 Å². The fourth-order valence-electron chi connectivity index (χ4n) is 2.61. The molecule has 0 radical (unpaired) electrons. The van der Waals surface area contributed by atoms with Gasteiger partial charge in [0.15, 0.2) is 0 Å². The summed E-state index contributed by atoms with van der Waals surface area (Å²) < 4.78 is 0. The van der Waals surface area contributed by atoms with Crippen LogP contribution in [0.1, 0.15) is 0 Å². The quantitative estimate of drug-likeness (QED) is 0.791. The van der Waals surface area contributed by atoms with Crippen molar-refractivity contribution < 1.29 is 4.79 Å². The highest BCUT2D eigenvalue weighted by Gasteiger charge is 2.21. The topological polar surface area (TPSA) is 35.6 Å². The van der Waals surface area contributed by atoms with Crippen LogP contribution in [0.5, 0.6) is 0 Å². The summed E-state index contributed by atoms with van der Waals surface area (Å²) in [4.78, 5) is 16.4. The lowest BCUT2D eigenvalue weighted by Gasteiger charge is -2.36. The van der Waals surface area contributed by atoms with E-state index in [0.717, 1.165) is 23.8 Å². The number of piperazine rings is 1. The van der Waals surface area contributed by atoms with Crippen LogP contribution in [-0.4, -0.2) is 37.1 Å². The van der Waals surface area contributed by atoms with Crippen molar-refractivity contribution in [3.63, 3.8) is 0 Å². The first-order valence-corrected chi connectivity index (χ1v) is 8.68. The van der Waals surface area contributed by atoms with Gasteiger partial charge in [0.2, 0.25) is 0 Å². The lowest BCUT2D eigenvalue weighted by atomic mass is 10.2. The van der Waals surface area contributed by atoms with Gasteiger partial charge in [0.05, 0.1) is 10.7 Å². The first kappa shape index (κ1) is 17.2. The molecule has 0 aliphatic carbocycles. The highest BCUT2D eigenvalue weighted by atomic mass is 35.5. The van der Waals surface area contributed by atoms with Crippen molar-refractivity contribution in [1.29, 1.82) is 0 Å². The van der Waals surface area contributed by atoms with Gasteiger partial charge in [0, 0.05) is 41.9 Å². The Kier molecular flexibility index (Phi) is 5.39. The molecule has 24 heavy (non-hydrogen) atoms. The normalized spacial score (nSPS) is 14.6. The van der Waals surface area contributed by atoms with Gasteiger partial charge in [-0.2, -0.15) is 0 Å². The van der Waals surface area contributed by atoms with Crippen LogP contribution < -0.4 is 10.2 Å². The average molecular weight is 385 g/mol. The number of anilines is 2. The third kappa shape index (κ3) is 4.07. The van der Waals surface area contributed by atoms with Crippen molar-refractivity contribution in [2.75, 3.05) is 36.4 Å². The predicted octanol–water partition coefficient (Wildman–Crippen LogP) is 5.00. The second kappa shape index (κ2) is 7.51. The number of hydrogen-bond donors (Lipinski definition) is 1. The van der Waals surface area contributed by atoms with Crippen LogP contribution >= 0.6 is 34.8 Å². The molecule has 1 aliphatic heterocycles. The molecule has 0 spiro atoms. The molecule has 2 aromatic carbocycles. The van der Waals surface area contributed by atoms with Gasteiger partial charge in [-0.1, -0.05) is 34.8 Å². The van der Waals surface area contributed by atoms with E-state index in [2.05, 4.69) is 10.2 Å². The van der Waals surface area contributed by atoms with E-state index in [-0.39, 0.29) is 6.03 Å². The number of benzene rings is 2. The molecule has 1 N–H and O–H groups in total. The molecule has 4 nitrogen and oxygen atoms in total. The van der Waals surface area contributed by atoms with Gasteiger partial charge in [-0.25, -0.2) is 4.79 Å². The number of nitrogens with zero attached hydrogens (tertiary/aromatic N) is 2. The highest BCUT2D eigenvalue weighted by Crippen LogP contribution is 2.26. The van der Waals surface area contributed by atoms with Crippen LogP contribution in [0.4, 0.5) is 16.2 Å². The summed E-state index contributed by atoms with van der Waals surface area (Å²) in [6.45, 7) is 2.79. The lowest BCUT2D eigenvalue weighted by molar-refractivity contribution is 0.208. The standard InChI is InChI=1S/C17H16Cl3N3O/c18-12-1-4-14(5-2-12)22-7-9-23(10-8-22)17(24)21-16-11-13(19)3-6-15(16)20/h1-6,11H,7-10H2,(H,21,24). The zero-order chi connectivity index (χ0) is 17.1. The zero-order valence-corrected chi connectivity index (χ0v) is 15.1. The van der Waals surface area contributed by atoms with E-state index in [4.69, 9.17) is 34.8 Å². The largest absolute Gasteiger partial charge is 0.368 e. The maximum atomic E-state index is 12.4. The first-order chi connectivity index (χ1) is 11.5. The Balaban J connectivity index is 1.59. The summed E-state index contributed by atoms with van der Waals surface area (Å²) >= 11 is 17.9. The van der Waals surface area contributed by atoms with Crippen molar-refractivity contribution in [3.8, 4) is 0 Å². The Hall–Kier alpha value is -1.62. The maximum absolute atomic E-state index is 12.4. The predicted molar refractivity (Wildman–Crippen MR) is 101 cm³/mol. The van der Waals surface area contributed by atoms with Crippen molar-refractivity contribution in [2.24, 2.45) is 0 Å². The second-order valence-electron chi connectivity index (χ2n) is 5.50. The molecular formula is C17H16Cl3N3O. The van der Waals surface area contributed by atoms with Gasteiger partial charge in [-0.05, 0) is 42.5 Å². The third-order valence-corrected chi connectivity index (χ3v) is 4.75. The van der Waals surface area contributed by atoms with E-state index >= 15 is 0 Å². The van der Waals surface area contributed by atoms with Crippen molar-refractivity contribution in [2.45, 2.75) is 0 Å². The molecule has 0 unspecified atom stereocenters. The van der Waals surface area contributed by atoms with E-state index < -0.39 is 0 Å². The fraction of sp³-hybridized carbons (Fsp3) is 0.235. The molecule has 1 saturated heterocycles. The Morgan fingerprint density at radius 1 is 0.875 bits per heavy atom. The molecular weight excluding hydrogens is 369 g/mol. The molecule has 0 atom stereocenters. The molecule has 7 heteroatoms. The van der Waals surface area contributed by atoms with E-state index in [0.29, 0.717) is 28.8 Å². The van der Waals surface area contributed by atoms with Crippen LogP contribution in [0, 0.1) is 0 Å². The first-order valence-electron chi connectivity index (χ1n) is 7.54. The number of carbonyl (C=O) groups excluding carboxylic acids is 1. The Labute approximate surface area is 155 Å². The van der Waals surface area contributed by atoms with Gasteiger partial charge in [-0.15, -0.1) is 0 Å². The molecule has 0 saturated carbocycles. The maximum Gasteiger partial charge on any atom is 0.322 e. The summed E-state index contributed by atoms with van der Waals surface area (Å²) in [7, 11) is 0. The van der Waals surface area contributed by atoms with Crippen LogP contribution in [0.25, 0.3) is 0 Å². The Morgan fingerprint density at radius 3 is 2.17 bits per heavy atom. The molecule has 1 fully saturated rings. The lowest BCUT2D eigenvalue weighted by Crippen LogP contribution is -2.50. The molecule has 2 amide bonds. The third-order valence-electron chi connectivity index (χ3n) is 3.93. The van der Waals surface area contributed by atoms with Crippen molar-refractivity contribution >= 4 is 52.2 Å². The van der Waals surface area contributed by atoms with E-state index in [9.17, 15) is 4.79 Å². The number of halogens is 3. The van der Waals surface area contributed by atoms with Crippen LogP contribution in [0.3, 0.4) is 0 Å². The smallest absolute Gasteiger partial charge is 0.322 e. The molecule has 1 heterocycles. The van der Waals surface area contributed by atoms with Gasteiger partial charge >= 0.3 is 6.03 Å². The Morgan fingerprint density at radius 2 is 1.50 bits per heavy atom. The number of carbonyl (C=O) groups is 1. The van der Waals surface area contributed by atoms with Gasteiger partial charge < -0.3 is 15.1 Å². The summed E-state index contributed by atoms with van der Waals surface area (Å²) in [5.41, 5.74) is 1.63.